The third-order valence-electron chi connectivity index (χ3n) is 2.66. The van der Waals surface area contributed by atoms with Gasteiger partial charge in [-0.15, -0.1) is 0 Å². The maximum absolute atomic E-state index is 11.6. The van der Waals surface area contributed by atoms with Crippen LogP contribution in [0.5, 0.6) is 0 Å². The lowest BCUT2D eigenvalue weighted by Crippen LogP contribution is -2.46. The number of pyridine rings is 1. The number of amides is 2. The smallest absolute Gasteiger partial charge is 0.326 e. The second-order valence-corrected chi connectivity index (χ2v) is 5.16. The Hall–Kier alpha value is -1.76. The number of carboxylic acids is 1. The van der Waals surface area contributed by atoms with E-state index >= 15 is 0 Å². The van der Waals surface area contributed by atoms with Gasteiger partial charge in [0.05, 0.1) is 0 Å². The molecule has 1 aromatic rings. The van der Waals surface area contributed by atoms with Gasteiger partial charge in [-0.3, -0.25) is 4.98 Å². The van der Waals surface area contributed by atoms with Crippen molar-refractivity contribution < 1.29 is 14.7 Å². The van der Waals surface area contributed by atoms with Crippen LogP contribution >= 0.6 is 11.8 Å². The van der Waals surface area contributed by atoms with E-state index in [2.05, 4.69) is 15.6 Å². The monoisotopic (exact) mass is 297 g/mol. The Morgan fingerprint density at radius 2 is 2.10 bits per heavy atom. The number of nitrogens with zero attached hydrogens (tertiary/aromatic N) is 1. The Labute approximate surface area is 122 Å². The minimum absolute atomic E-state index is 0.411. The molecule has 0 aromatic carbocycles. The van der Waals surface area contributed by atoms with Gasteiger partial charge in [-0.25, -0.2) is 9.59 Å². The van der Waals surface area contributed by atoms with Gasteiger partial charge < -0.3 is 15.7 Å². The normalized spacial score (nSPS) is 11.7. The van der Waals surface area contributed by atoms with Crippen molar-refractivity contribution in [2.45, 2.75) is 18.9 Å². The number of aliphatic carboxylic acids is 1. The number of urea groups is 1. The number of thioether (sulfide) groups is 1. The average Bonchev–Trinajstić information content (AvgIpc) is 2.44. The second-order valence-electron chi connectivity index (χ2n) is 4.18. The summed E-state index contributed by atoms with van der Waals surface area (Å²) in [6.07, 6.45) is 6.37. The van der Waals surface area contributed by atoms with Crippen molar-refractivity contribution in [3.63, 3.8) is 0 Å². The van der Waals surface area contributed by atoms with E-state index in [9.17, 15) is 9.59 Å². The van der Waals surface area contributed by atoms with Crippen LogP contribution in [0.4, 0.5) is 4.79 Å². The van der Waals surface area contributed by atoms with E-state index in [1.807, 2.05) is 18.4 Å². The lowest BCUT2D eigenvalue weighted by molar-refractivity contribution is -0.139. The fraction of sp³-hybridized carbons (Fsp3) is 0.462. The largest absolute Gasteiger partial charge is 0.480 e. The van der Waals surface area contributed by atoms with Crippen molar-refractivity contribution >= 4 is 23.8 Å². The number of nitrogens with one attached hydrogen (secondary N) is 2. The van der Waals surface area contributed by atoms with Crippen LogP contribution in [0.25, 0.3) is 0 Å². The molecule has 7 heteroatoms. The minimum atomic E-state index is -1.01. The molecule has 1 heterocycles. The molecule has 0 saturated carbocycles. The second kappa shape index (κ2) is 9.19. The molecule has 1 rings (SSSR count). The lowest BCUT2D eigenvalue weighted by Gasteiger charge is -2.14. The van der Waals surface area contributed by atoms with E-state index in [-0.39, 0.29) is 0 Å². The fourth-order valence-corrected chi connectivity index (χ4v) is 2.04. The number of hydrogen-bond acceptors (Lipinski definition) is 4. The van der Waals surface area contributed by atoms with Crippen molar-refractivity contribution in [2.24, 2.45) is 0 Å². The van der Waals surface area contributed by atoms with Crippen molar-refractivity contribution in [1.82, 2.24) is 15.6 Å². The summed E-state index contributed by atoms with van der Waals surface area (Å²) >= 11 is 1.55. The summed E-state index contributed by atoms with van der Waals surface area (Å²) in [6.45, 7) is 0.449. The summed E-state index contributed by atoms with van der Waals surface area (Å²) in [5.41, 5.74) is 1.07. The average molecular weight is 297 g/mol. The third kappa shape index (κ3) is 6.42. The highest BCUT2D eigenvalue weighted by Gasteiger charge is 2.18. The van der Waals surface area contributed by atoms with Crippen LogP contribution < -0.4 is 10.6 Å². The maximum Gasteiger partial charge on any atom is 0.326 e. The molecule has 0 saturated heterocycles. The van der Waals surface area contributed by atoms with E-state index in [1.165, 1.54) is 0 Å². The zero-order valence-corrected chi connectivity index (χ0v) is 12.2. The van der Waals surface area contributed by atoms with Crippen LogP contribution in [0.3, 0.4) is 0 Å². The van der Waals surface area contributed by atoms with Gasteiger partial charge in [0.2, 0.25) is 0 Å². The Kier molecular flexibility index (Phi) is 7.49. The summed E-state index contributed by atoms with van der Waals surface area (Å²) < 4.78 is 0. The molecule has 0 fully saturated rings. The SMILES string of the molecule is CSCC[C@@H](NC(=O)NCCc1ccncc1)C(=O)O. The van der Waals surface area contributed by atoms with Gasteiger partial charge >= 0.3 is 12.0 Å². The molecule has 2 amide bonds. The van der Waals surface area contributed by atoms with E-state index < -0.39 is 18.0 Å². The number of carboxylic acid groups (broad SMARTS) is 1. The zero-order valence-electron chi connectivity index (χ0n) is 11.3. The summed E-state index contributed by atoms with van der Waals surface area (Å²) in [4.78, 5) is 26.5. The topological polar surface area (TPSA) is 91.3 Å². The van der Waals surface area contributed by atoms with Crippen LogP contribution in [0.15, 0.2) is 24.5 Å². The molecule has 0 bridgehead atoms. The molecule has 110 valence electrons. The summed E-state index contributed by atoms with van der Waals surface area (Å²) in [7, 11) is 0. The predicted molar refractivity (Wildman–Crippen MR) is 78.9 cm³/mol. The molecule has 0 radical (unpaired) electrons. The molecule has 0 unspecified atom stereocenters. The first kappa shape index (κ1) is 16.3. The molecule has 0 aliphatic heterocycles. The van der Waals surface area contributed by atoms with Gasteiger partial charge in [-0.2, -0.15) is 11.8 Å². The number of hydrogen-bond donors (Lipinski definition) is 3. The van der Waals surface area contributed by atoms with Crippen LogP contribution in [-0.2, 0) is 11.2 Å². The van der Waals surface area contributed by atoms with Crippen molar-refractivity contribution in [1.29, 1.82) is 0 Å². The lowest BCUT2D eigenvalue weighted by atomic mass is 10.2. The predicted octanol–water partition coefficient (Wildman–Crippen LogP) is 1.13. The molecule has 1 aromatic heterocycles. The van der Waals surface area contributed by atoms with E-state index in [0.717, 1.165) is 5.56 Å². The first-order chi connectivity index (χ1) is 9.63. The van der Waals surface area contributed by atoms with Gasteiger partial charge in [-0.05, 0) is 42.5 Å². The Morgan fingerprint density at radius 1 is 1.40 bits per heavy atom. The first-order valence-corrected chi connectivity index (χ1v) is 7.68. The molecule has 1 atom stereocenters. The van der Waals surface area contributed by atoms with Gasteiger partial charge in [0.25, 0.3) is 0 Å². The van der Waals surface area contributed by atoms with Crippen LogP contribution in [0.1, 0.15) is 12.0 Å². The Balaban J connectivity index is 2.29. The first-order valence-electron chi connectivity index (χ1n) is 6.28. The fourth-order valence-electron chi connectivity index (χ4n) is 1.57. The highest BCUT2D eigenvalue weighted by Crippen LogP contribution is 2.01. The van der Waals surface area contributed by atoms with Crippen LogP contribution in [0, 0.1) is 0 Å². The van der Waals surface area contributed by atoms with Crippen molar-refractivity contribution in [3.8, 4) is 0 Å². The van der Waals surface area contributed by atoms with Crippen LogP contribution in [-0.4, -0.2) is 46.7 Å². The maximum atomic E-state index is 11.6. The zero-order chi connectivity index (χ0) is 14.8. The quantitative estimate of drug-likeness (QED) is 0.669. The molecular weight excluding hydrogens is 278 g/mol. The molecule has 3 N–H and O–H groups in total. The van der Waals surface area contributed by atoms with E-state index in [1.54, 1.807) is 24.2 Å². The molecule has 0 aliphatic rings. The van der Waals surface area contributed by atoms with Gasteiger partial charge in [-0.1, -0.05) is 0 Å². The molecule has 20 heavy (non-hydrogen) atoms. The molecule has 0 aliphatic carbocycles. The number of aromatic nitrogens is 1. The van der Waals surface area contributed by atoms with Gasteiger partial charge in [0.1, 0.15) is 6.04 Å². The summed E-state index contributed by atoms with van der Waals surface area (Å²) in [5, 5.41) is 14.1. The highest BCUT2D eigenvalue weighted by molar-refractivity contribution is 7.98. The number of carbonyl (C=O) groups is 2. The Bertz CT molecular complexity index is 428. The van der Waals surface area contributed by atoms with Crippen molar-refractivity contribution in [3.05, 3.63) is 30.1 Å². The van der Waals surface area contributed by atoms with Crippen molar-refractivity contribution in [2.75, 3.05) is 18.6 Å². The number of rotatable bonds is 8. The third-order valence-corrected chi connectivity index (χ3v) is 3.31. The number of carbonyl (C=O) groups excluding carboxylic acids is 1. The molecule has 0 spiro atoms. The molecule has 6 nitrogen and oxygen atoms in total. The highest BCUT2D eigenvalue weighted by atomic mass is 32.2. The van der Waals surface area contributed by atoms with E-state index in [4.69, 9.17) is 5.11 Å². The van der Waals surface area contributed by atoms with E-state index in [0.29, 0.717) is 25.1 Å². The Morgan fingerprint density at radius 3 is 2.70 bits per heavy atom. The summed E-state index contributed by atoms with van der Waals surface area (Å²) in [6, 6.07) is 2.45. The molecular formula is C13H19N3O3S. The van der Waals surface area contributed by atoms with Crippen LogP contribution in [0.2, 0.25) is 0 Å². The standard InChI is InChI=1S/C13H19N3O3S/c1-20-9-5-11(12(17)18)16-13(19)15-8-4-10-2-6-14-7-3-10/h2-3,6-7,11H,4-5,8-9H2,1H3,(H,17,18)(H2,15,16,19)/t11-/m1/s1. The summed E-state index contributed by atoms with van der Waals surface area (Å²) in [5.74, 6) is -0.322. The van der Waals surface area contributed by atoms with Gasteiger partial charge in [0, 0.05) is 18.9 Å². The minimum Gasteiger partial charge on any atom is -0.480 e. The van der Waals surface area contributed by atoms with Gasteiger partial charge in [0.15, 0.2) is 0 Å².